The van der Waals surface area contributed by atoms with Crippen molar-refractivity contribution in [1.82, 2.24) is 9.80 Å². The summed E-state index contributed by atoms with van der Waals surface area (Å²) in [7, 11) is 0. The van der Waals surface area contributed by atoms with E-state index in [0.717, 1.165) is 24.7 Å². The van der Waals surface area contributed by atoms with Gasteiger partial charge in [-0.1, -0.05) is 31.7 Å². The van der Waals surface area contributed by atoms with Gasteiger partial charge in [0.25, 0.3) is 0 Å². The maximum atomic E-state index is 9.55. The molecule has 0 radical (unpaired) electrons. The molecule has 0 aromatic heterocycles. The van der Waals surface area contributed by atoms with Gasteiger partial charge in [0.15, 0.2) is 0 Å². The molecule has 11 heteroatoms. The highest BCUT2D eigenvalue weighted by molar-refractivity contribution is 5.90. The van der Waals surface area contributed by atoms with Crippen LogP contribution in [0.3, 0.4) is 0 Å². The normalized spacial score (nSPS) is 17.8. The zero-order chi connectivity index (χ0) is 32.2. The molecule has 1 saturated carbocycles. The van der Waals surface area contributed by atoms with E-state index in [1.54, 1.807) is 5.56 Å². The van der Waals surface area contributed by atoms with E-state index in [2.05, 4.69) is 28.0 Å². The van der Waals surface area contributed by atoms with Crippen LogP contribution in [-0.4, -0.2) is 100.0 Å². The Morgan fingerprint density at radius 1 is 0.705 bits per heavy atom. The van der Waals surface area contributed by atoms with Gasteiger partial charge in [-0.15, -0.1) is 0 Å². The van der Waals surface area contributed by atoms with Crippen LogP contribution in [0.4, 0.5) is 0 Å². The lowest BCUT2D eigenvalue weighted by Crippen LogP contribution is -2.32. The number of hydrogen-bond acceptors (Lipinski definition) is 7. The maximum absolute atomic E-state index is 9.55. The number of nitrogens with zero attached hydrogens (tertiary/aromatic N) is 2. The van der Waals surface area contributed by atoms with E-state index >= 15 is 0 Å². The van der Waals surface area contributed by atoms with Crippen molar-refractivity contribution in [1.29, 1.82) is 0 Å². The van der Waals surface area contributed by atoms with Crippen molar-refractivity contribution in [3.63, 3.8) is 0 Å². The Kier molecular flexibility index (Phi) is 17.5. The van der Waals surface area contributed by atoms with E-state index in [-0.39, 0.29) is 1.43 Å². The van der Waals surface area contributed by atoms with Crippen LogP contribution in [0, 0.1) is 5.92 Å². The SMILES string of the molecule is O=C(O)/C=C\C(=O)O.O=C(O)/C=C\C(=O)O.[HH].c1cc2c(cc1OCCCN1CCCCC1)CCN(CC1CCCCC1)CC2. The number of carboxylic acids is 4. The van der Waals surface area contributed by atoms with Crippen molar-refractivity contribution in [2.45, 2.75) is 70.6 Å². The summed E-state index contributed by atoms with van der Waals surface area (Å²) in [5, 5.41) is 31.2. The Hall–Kier alpha value is -3.70. The van der Waals surface area contributed by atoms with Crippen molar-refractivity contribution >= 4 is 23.9 Å². The molecule has 4 rings (SSSR count). The van der Waals surface area contributed by atoms with E-state index in [0.29, 0.717) is 24.3 Å². The molecule has 1 aromatic carbocycles. The number of aliphatic carboxylic acids is 4. The summed E-state index contributed by atoms with van der Waals surface area (Å²) in [5.41, 5.74) is 3.08. The second-order valence-corrected chi connectivity index (χ2v) is 11.4. The van der Waals surface area contributed by atoms with Crippen LogP contribution < -0.4 is 4.74 Å². The van der Waals surface area contributed by atoms with E-state index in [4.69, 9.17) is 25.2 Å². The summed E-state index contributed by atoms with van der Waals surface area (Å²) in [5.74, 6) is -2.99. The number of ether oxygens (including phenoxy) is 1. The fraction of sp³-hybridized carbons (Fsp3) is 0.576. The second kappa shape index (κ2) is 21.1. The van der Waals surface area contributed by atoms with Crippen LogP contribution in [0.25, 0.3) is 0 Å². The van der Waals surface area contributed by atoms with Crippen molar-refractivity contribution in [3.8, 4) is 5.75 Å². The highest BCUT2D eigenvalue weighted by Crippen LogP contribution is 2.27. The number of carbonyl (C=O) groups is 4. The molecule has 246 valence electrons. The molecule has 0 atom stereocenters. The van der Waals surface area contributed by atoms with E-state index in [1.807, 2.05) is 0 Å². The van der Waals surface area contributed by atoms with Crippen LogP contribution >= 0.6 is 0 Å². The first-order valence-electron chi connectivity index (χ1n) is 15.6. The Morgan fingerprint density at radius 2 is 1.23 bits per heavy atom. The molecule has 2 heterocycles. The zero-order valence-corrected chi connectivity index (χ0v) is 25.6. The summed E-state index contributed by atoms with van der Waals surface area (Å²) in [4.78, 5) is 43.5. The molecule has 2 fully saturated rings. The molecule has 0 spiro atoms. The smallest absolute Gasteiger partial charge is 0.328 e. The van der Waals surface area contributed by atoms with Crippen molar-refractivity contribution < 1.29 is 45.8 Å². The third kappa shape index (κ3) is 16.8. The van der Waals surface area contributed by atoms with Crippen molar-refractivity contribution in [2.75, 3.05) is 45.9 Å². The quantitative estimate of drug-likeness (QED) is 0.202. The number of piperidine rings is 1. The molecule has 0 amide bonds. The summed E-state index contributed by atoms with van der Waals surface area (Å²) in [6, 6.07) is 6.87. The minimum Gasteiger partial charge on any atom is -0.494 e. The lowest BCUT2D eigenvalue weighted by Gasteiger charge is -2.28. The predicted octanol–water partition coefficient (Wildman–Crippen LogP) is 4.59. The van der Waals surface area contributed by atoms with Crippen molar-refractivity contribution in [3.05, 3.63) is 53.6 Å². The van der Waals surface area contributed by atoms with Gasteiger partial charge in [0, 0.05) is 51.9 Å². The fourth-order valence-corrected chi connectivity index (χ4v) is 5.70. The molecule has 44 heavy (non-hydrogen) atoms. The standard InChI is InChI=1S/C25H40N2O.2C4H4O4.H2/c1-3-8-22(9-4-1)21-27-17-12-23-10-11-25(20-24(23)13-18-27)28-19-7-16-26-14-5-2-6-15-26;2*5-3(6)1-2-4(7)8;/h10-11,20,22H,1-9,12-19,21H2;2*1-2H,(H,5,6)(H,7,8);1H/b;2*2-1-;. The Bertz CT molecular complexity index is 1050. The Morgan fingerprint density at radius 3 is 1.77 bits per heavy atom. The molecule has 0 bridgehead atoms. The largest absolute Gasteiger partial charge is 0.494 e. The van der Waals surface area contributed by atoms with Gasteiger partial charge in [-0.2, -0.15) is 0 Å². The molecule has 1 saturated heterocycles. The molecule has 2 aliphatic heterocycles. The molecular weight excluding hydrogens is 568 g/mol. The highest BCUT2D eigenvalue weighted by atomic mass is 16.5. The molecule has 3 aliphatic rings. The summed E-state index contributed by atoms with van der Waals surface area (Å²) < 4.78 is 6.11. The minimum atomic E-state index is -1.26. The number of rotatable bonds is 11. The lowest BCUT2D eigenvalue weighted by molar-refractivity contribution is -0.134. The van der Waals surface area contributed by atoms with Crippen molar-refractivity contribution in [2.24, 2.45) is 5.92 Å². The maximum Gasteiger partial charge on any atom is 0.328 e. The monoisotopic (exact) mass is 618 g/mol. The van der Waals surface area contributed by atoms with E-state index in [1.165, 1.54) is 109 Å². The van der Waals surface area contributed by atoms with Gasteiger partial charge in [-0.05, 0) is 87.2 Å². The van der Waals surface area contributed by atoms with Gasteiger partial charge in [0.05, 0.1) is 6.61 Å². The molecular formula is C33H50N2O9. The molecule has 1 aromatic rings. The molecule has 1 aliphatic carbocycles. The van der Waals surface area contributed by atoms with Gasteiger partial charge >= 0.3 is 23.9 Å². The van der Waals surface area contributed by atoms with E-state index in [9.17, 15) is 19.2 Å². The fourth-order valence-electron chi connectivity index (χ4n) is 5.70. The summed E-state index contributed by atoms with van der Waals surface area (Å²) >= 11 is 0. The average Bonchev–Trinajstić information content (AvgIpc) is 3.21. The van der Waals surface area contributed by atoms with Crippen LogP contribution in [0.5, 0.6) is 5.75 Å². The van der Waals surface area contributed by atoms with Crippen LogP contribution in [0.1, 0.15) is 70.3 Å². The first-order valence-corrected chi connectivity index (χ1v) is 15.6. The minimum absolute atomic E-state index is 0. The third-order valence-corrected chi connectivity index (χ3v) is 7.89. The van der Waals surface area contributed by atoms with Gasteiger partial charge < -0.3 is 35.0 Å². The molecule has 0 unspecified atom stereocenters. The van der Waals surface area contributed by atoms with Gasteiger partial charge in [-0.25, -0.2) is 19.2 Å². The molecule has 11 nitrogen and oxygen atoms in total. The van der Waals surface area contributed by atoms with Crippen LogP contribution in [0.15, 0.2) is 42.5 Å². The zero-order valence-electron chi connectivity index (χ0n) is 25.6. The summed E-state index contributed by atoms with van der Waals surface area (Å²) in [6.45, 7) is 8.41. The van der Waals surface area contributed by atoms with E-state index < -0.39 is 23.9 Å². The Balaban J connectivity index is 0.000000495. The third-order valence-electron chi connectivity index (χ3n) is 7.89. The topological polar surface area (TPSA) is 165 Å². The number of likely N-dealkylation sites (tertiary alicyclic amines) is 1. The van der Waals surface area contributed by atoms with Gasteiger partial charge in [-0.3, -0.25) is 0 Å². The predicted molar refractivity (Wildman–Crippen MR) is 168 cm³/mol. The number of carboxylic acid groups (broad SMARTS) is 4. The number of fused-ring (bicyclic) bond motifs is 1. The average molecular weight is 619 g/mol. The molecule has 4 N–H and O–H groups in total. The number of hydrogen-bond donors (Lipinski definition) is 4. The number of benzene rings is 1. The first-order chi connectivity index (χ1) is 21.1. The first kappa shape index (κ1) is 36.5. The highest BCUT2D eigenvalue weighted by Gasteiger charge is 2.20. The Labute approximate surface area is 261 Å². The van der Waals surface area contributed by atoms with Gasteiger partial charge in [0.2, 0.25) is 0 Å². The van der Waals surface area contributed by atoms with Crippen LogP contribution in [-0.2, 0) is 32.0 Å². The van der Waals surface area contributed by atoms with Crippen LogP contribution in [0.2, 0.25) is 0 Å². The van der Waals surface area contributed by atoms with Gasteiger partial charge in [0.1, 0.15) is 5.75 Å². The lowest BCUT2D eigenvalue weighted by atomic mass is 9.89. The summed E-state index contributed by atoms with van der Waals surface area (Å²) in [6.07, 6.45) is 17.2. The second-order valence-electron chi connectivity index (χ2n) is 11.4.